The Morgan fingerprint density at radius 1 is 0.392 bits per heavy atom. The van der Waals surface area contributed by atoms with Gasteiger partial charge in [-0.15, -0.1) is 0 Å². The fraction of sp³-hybridized carbons (Fsp3) is 0.940. The normalized spacial score (nSPS) is 12.7. The second kappa shape index (κ2) is 42.2. The van der Waals surface area contributed by atoms with E-state index in [4.69, 9.17) is 5.41 Å². The van der Waals surface area contributed by atoms with Gasteiger partial charge in [0.1, 0.15) is 0 Å². The Kier molecular flexibility index (Phi) is 41.7. The van der Waals surface area contributed by atoms with Crippen LogP contribution in [0, 0.1) is 17.2 Å². The van der Waals surface area contributed by atoms with Crippen LogP contribution in [0.25, 0.3) is 0 Å². The van der Waals surface area contributed by atoms with Crippen LogP contribution in [-0.2, 0) is 0 Å². The van der Waals surface area contributed by atoms with Crippen LogP contribution >= 0.6 is 0 Å². The summed E-state index contributed by atoms with van der Waals surface area (Å²) in [6.07, 6.45) is 58.5. The third kappa shape index (κ3) is 38.9. The van der Waals surface area contributed by atoms with Crippen molar-refractivity contribution < 1.29 is 0 Å². The van der Waals surface area contributed by atoms with Crippen molar-refractivity contribution in [2.45, 2.75) is 291 Å². The molecule has 0 spiro atoms. The predicted molar refractivity (Wildman–Crippen MR) is 236 cm³/mol. The van der Waals surface area contributed by atoms with Crippen molar-refractivity contribution >= 4 is 5.71 Å². The summed E-state index contributed by atoms with van der Waals surface area (Å²) < 4.78 is 0. The average molecular weight is 714 g/mol. The number of allylic oxidation sites excluding steroid dienone is 2. The largest absolute Gasteiger partial charge is 0.309 e. The maximum Gasteiger partial charge on any atom is 0.0117 e. The maximum absolute atomic E-state index is 8.70. The van der Waals surface area contributed by atoms with Gasteiger partial charge in [0.05, 0.1) is 0 Å². The monoisotopic (exact) mass is 714 g/mol. The Hall–Kier alpha value is -0.590. The lowest BCUT2D eigenvalue weighted by Crippen LogP contribution is -2.09. The van der Waals surface area contributed by atoms with Crippen molar-refractivity contribution in [3.8, 4) is 0 Å². The maximum atomic E-state index is 8.70. The molecule has 0 heterocycles. The van der Waals surface area contributed by atoms with E-state index in [9.17, 15) is 0 Å². The first kappa shape index (κ1) is 50.4. The van der Waals surface area contributed by atoms with Crippen LogP contribution in [0.3, 0.4) is 0 Å². The highest BCUT2D eigenvalue weighted by atomic mass is 14.4. The number of unbranched alkanes of at least 4 members (excludes halogenated alkanes) is 30. The van der Waals surface area contributed by atoms with Gasteiger partial charge >= 0.3 is 0 Å². The Morgan fingerprint density at radius 2 is 0.725 bits per heavy atom. The predicted octanol–water partition coefficient (Wildman–Crippen LogP) is 18.9. The van der Waals surface area contributed by atoms with Gasteiger partial charge in [0.25, 0.3) is 0 Å². The van der Waals surface area contributed by atoms with Gasteiger partial charge in [-0.1, -0.05) is 252 Å². The fourth-order valence-electron chi connectivity index (χ4n) is 7.94. The molecular formula is C50H99N. The highest BCUT2D eigenvalue weighted by Gasteiger charge is 2.09. The van der Waals surface area contributed by atoms with Crippen LogP contribution in [0.2, 0.25) is 0 Å². The minimum Gasteiger partial charge on any atom is -0.309 e. The molecule has 0 aliphatic rings. The van der Waals surface area contributed by atoms with E-state index in [0.29, 0.717) is 5.92 Å². The van der Waals surface area contributed by atoms with Crippen molar-refractivity contribution in [3.05, 3.63) is 11.6 Å². The van der Waals surface area contributed by atoms with Crippen LogP contribution in [0.1, 0.15) is 291 Å². The van der Waals surface area contributed by atoms with Crippen LogP contribution in [0.5, 0.6) is 0 Å². The molecule has 0 fully saturated rings. The molecule has 0 bridgehead atoms. The molecule has 0 amide bonds. The van der Waals surface area contributed by atoms with E-state index < -0.39 is 0 Å². The highest BCUT2D eigenvalue weighted by Crippen LogP contribution is 2.22. The zero-order valence-corrected chi connectivity index (χ0v) is 36.5. The lowest BCUT2D eigenvalue weighted by molar-refractivity contribution is 0.468. The molecule has 0 saturated carbocycles. The zero-order chi connectivity index (χ0) is 37.3. The lowest BCUT2D eigenvalue weighted by Gasteiger charge is -2.13. The van der Waals surface area contributed by atoms with Gasteiger partial charge in [-0.3, -0.25) is 0 Å². The van der Waals surface area contributed by atoms with Crippen LogP contribution in [-0.4, -0.2) is 5.71 Å². The van der Waals surface area contributed by atoms with Gasteiger partial charge in [0, 0.05) is 5.71 Å². The summed E-state index contributed by atoms with van der Waals surface area (Å²) in [5.74, 6) is 1.37. The summed E-state index contributed by atoms with van der Waals surface area (Å²) >= 11 is 0. The highest BCUT2D eigenvalue weighted by molar-refractivity contribution is 5.83. The quantitative estimate of drug-likeness (QED) is 0.0369. The SMILES string of the molecule is CCCCCCCCCCCCCCCCC(=CCCCC(=N)C(C)CCCCCCC(C)CC)CCCCCCCCCCCCCCCC. The number of hydrogen-bond donors (Lipinski definition) is 1. The summed E-state index contributed by atoms with van der Waals surface area (Å²) in [4.78, 5) is 0. The zero-order valence-electron chi connectivity index (χ0n) is 36.5. The number of nitrogens with one attached hydrogen (secondary N) is 1. The van der Waals surface area contributed by atoms with E-state index in [1.54, 1.807) is 5.57 Å². The molecule has 0 aliphatic heterocycles. The molecule has 304 valence electrons. The second-order valence-corrected chi connectivity index (χ2v) is 17.4. The summed E-state index contributed by atoms with van der Waals surface area (Å²) in [6.45, 7) is 11.6. The van der Waals surface area contributed by atoms with Crippen molar-refractivity contribution in [2.75, 3.05) is 0 Å². The number of rotatable bonds is 43. The van der Waals surface area contributed by atoms with Crippen molar-refractivity contribution in [1.82, 2.24) is 0 Å². The fourth-order valence-corrected chi connectivity index (χ4v) is 7.94. The molecule has 0 rings (SSSR count). The third-order valence-electron chi connectivity index (χ3n) is 12.2. The molecule has 1 heteroatoms. The van der Waals surface area contributed by atoms with E-state index in [2.05, 4.69) is 40.7 Å². The standard InChI is InChI=1S/C50H99N/c1-6-9-11-13-15-17-19-21-23-25-27-29-31-37-43-49(44-38-32-30-28-26-24-22-20-18-16-14-12-10-7-2)45-39-40-46-50(51)48(5)42-36-34-33-35-41-47(4)8-3/h45,47-48,51H,6-44,46H2,1-5H3. The van der Waals surface area contributed by atoms with Gasteiger partial charge in [0.2, 0.25) is 0 Å². The smallest absolute Gasteiger partial charge is 0.0117 e. The molecule has 0 radical (unpaired) electrons. The van der Waals surface area contributed by atoms with Gasteiger partial charge in [-0.2, -0.15) is 0 Å². The van der Waals surface area contributed by atoms with Crippen LogP contribution in [0.4, 0.5) is 0 Å². The summed E-state index contributed by atoms with van der Waals surface area (Å²) in [5.41, 5.74) is 2.77. The molecule has 51 heavy (non-hydrogen) atoms. The Bertz CT molecular complexity index is 672. The minimum absolute atomic E-state index is 0.481. The average Bonchev–Trinajstić information content (AvgIpc) is 3.14. The van der Waals surface area contributed by atoms with E-state index in [0.717, 1.165) is 18.1 Å². The van der Waals surface area contributed by atoms with E-state index >= 15 is 0 Å². The first-order chi connectivity index (χ1) is 25.0. The molecule has 0 aromatic rings. The topological polar surface area (TPSA) is 23.9 Å². The number of hydrogen-bond acceptors (Lipinski definition) is 1. The summed E-state index contributed by atoms with van der Waals surface area (Å²) in [6, 6.07) is 0. The van der Waals surface area contributed by atoms with Crippen LogP contribution < -0.4 is 0 Å². The Balaban J connectivity index is 4.24. The van der Waals surface area contributed by atoms with Crippen molar-refractivity contribution in [2.24, 2.45) is 11.8 Å². The molecule has 0 saturated heterocycles. The van der Waals surface area contributed by atoms with Crippen LogP contribution in [0.15, 0.2) is 11.6 Å². The molecule has 2 atom stereocenters. The van der Waals surface area contributed by atoms with E-state index in [1.807, 2.05) is 0 Å². The molecule has 0 aromatic carbocycles. The van der Waals surface area contributed by atoms with E-state index in [-0.39, 0.29) is 0 Å². The molecular weight excluding hydrogens is 615 g/mol. The molecule has 1 nitrogen and oxygen atoms in total. The van der Waals surface area contributed by atoms with Crippen molar-refractivity contribution in [1.29, 1.82) is 5.41 Å². The molecule has 0 aromatic heterocycles. The van der Waals surface area contributed by atoms with E-state index in [1.165, 1.54) is 250 Å². The van der Waals surface area contributed by atoms with Crippen molar-refractivity contribution in [3.63, 3.8) is 0 Å². The third-order valence-corrected chi connectivity index (χ3v) is 12.2. The summed E-state index contributed by atoms with van der Waals surface area (Å²) in [5, 5.41) is 8.70. The van der Waals surface area contributed by atoms with Gasteiger partial charge in [-0.05, 0) is 63.2 Å². The lowest BCUT2D eigenvalue weighted by atomic mass is 9.93. The first-order valence-corrected chi connectivity index (χ1v) is 24.3. The molecule has 0 aliphatic carbocycles. The van der Waals surface area contributed by atoms with Gasteiger partial charge in [0.15, 0.2) is 0 Å². The Morgan fingerprint density at radius 3 is 1.10 bits per heavy atom. The molecule has 1 N–H and O–H groups in total. The minimum atomic E-state index is 0.481. The van der Waals surface area contributed by atoms with Gasteiger partial charge < -0.3 is 5.41 Å². The molecule has 2 unspecified atom stereocenters. The summed E-state index contributed by atoms with van der Waals surface area (Å²) in [7, 11) is 0. The first-order valence-electron chi connectivity index (χ1n) is 24.3. The Labute approximate surface area is 325 Å². The van der Waals surface area contributed by atoms with Gasteiger partial charge in [-0.25, -0.2) is 0 Å². The second-order valence-electron chi connectivity index (χ2n) is 17.4.